The lowest BCUT2D eigenvalue weighted by Gasteiger charge is -2.13. The van der Waals surface area contributed by atoms with Crippen LogP contribution >= 0.6 is 0 Å². The summed E-state index contributed by atoms with van der Waals surface area (Å²) in [5, 5.41) is 0. The Balaban J connectivity index is 1.99. The number of nitrogens with zero attached hydrogens (tertiary/aromatic N) is 1. The van der Waals surface area contributed by atoms with E-state index in [9.17, 15) is 4.79 Å². The van der Waals surface area contributed by atoms with Crippen molar-refractivity contribution in [2.45, 2.75) is 13.3 Å². The Kier molecular flexibility index (Phi) is 3.02. The van der Waals surface area contributed by atoms with Gasteiger partial charge in [-0.05, 0) is 12.5 Å². The second kappa shape index (κ2) is 4.45. The van der Waals surface area contributed by atoms with Crippen LogP contribution in [0.2, 0.25) is 0 Å². The van der Waals surface area contributed by atoms with E-state index in [1.165, 1.54) is 5.56 Å². The van der Waals surface area contributed by atoms with Crippen LogP contribution in [-0.2, 0) is 16.0 Å². The highest BCUT2D eigenvalue weighted by Crippen LogP contribution is 2.08. The van der Waals surface area contributed by atoms with E-state index in [4.69, 9.17) is 4.74 Å². The minimum atomic E-state index is 0.151. The van der Waals surface area contributed by atoms with Crippen molar-refractivity contribution in [3.05, 3.63) is 35.4 Å². The van der Waals surface area contributed by atoms with E-state index in [0.717, 1.165) is 12.1 Å². The van der Waals surface area contributed by atoms with Gasteiger partial charge in [0.05, 0.1) is 13.0 Å². The smallest absolute Gasteiger partial charge is 0.228 e. The van der Waals surface area contributed by atoms with Gasteiger partial charge in [-0.15, -0.1) is 0 Å². The minimum Gasteiger partial charge on any atom is -0.359 e. The zero-order valence-corrected chi connectivity index (χ0v) is 8.90. The normalized spacial score (nSPS) is 15.7. The third kappa shape index (κ3) is 2.57. The fourth-order valence-corrected chi connectivity index (χ4v) is 1.72. The standard InChI is InChI=1S/C12H15NO2/c1-10-3-2-4-11(7-10)8-12(14)13-5-6-15-9-13/h2-4,7H,5-6,8-9H2,1H3. The van der Waals surface area contributed by atoms with Gasteiger partial charge in [0.25, 0.3) is 0 Å². The molecule has 0 aromatic heterocycles. The second-order valence-corrected chi connectivity index (χ2v) is 3.86. The minimum absolute atomic E-state index is 0.151. The van der Waals surface area contributed by atoms with Crippen LogP contribution in [0.5, 0.6) is 0 Å². The van der Waals surface area contributed by atoms with Crippen molar-refractivity contribution in [2.75, 3.05) is 19.9 Å². The van der Waals surface area contributed by atoms with Crippen molar-refractivity contribution >= 4 is 5.91 Å². The van der Waals surface area contributed by atoms with E-state index >= 15 is 0 Å². The first-order valence-corrected chi connectivity index (χ1v) is 5.17. The molecule has 0 atom stereocenters. The Bertz CT molecular complexity index is 356. The Morgan fingerprint density at radius 3 is 3.07 bits per heavy atom. The number of benzene rings is 1. The Hall–Kier alpha value is -1.35. The molecule has 0 unspecified atom stereocenters. The van der Waals surface area contributed by atoms with Gasteiger partial charge in [-0.3, -0.25) is 4.79 Å². The first-order chi connectivity index (χ1) is 7.25. The van der Waals surface area contributed by atoms with Gasteiger partial charge in [0.15, 0.2) is 0 Å². The third-order valence-electron chi connectivity index (χ3n) is 2.54. The van der Waals surface area contributed by atoms with E-state index in [2.05, 4.69) is 6.07 Å². The predicted octanol–water partition coefficient (Wildman–Crippen LogP) is 1.35. The van der Waals surface area contributed by atoms with Crippen LogP contribution in [0.4, 0.5) is 0 Å². The van der Waals surface area contributed by atoms with E-state index < -0.39 is 0 Å². The Morgan fingerprint density at radius 1 is 1.53 bits per heavy atom. The number of aryl methyl sites for hydroxylation is 1. The highest BCUT2D eigenvalue weighted by Gasteiger charge is 2.18. The third-order valence-corrected chi connectivity index (χ3v) is 2.54. The van der Waals surface area contributed by atoms with Crippen LogP contribution in [-0.4, -0.2) is 30.7 Å². The van der Waals surface area contributed by atoms with Crippen LogP contribution in [0.15, 0.2) is 24.3 Å². The zero-order chi connectivity index (χ0) is 10.7. The largest absolute Gasteiger partial charge is 0.359 e. The number of amides is 1. The predicted molar refractivity (Wildman–Crippen MR) is 57.4 cm³/mol. The lowest BCUT2D eigenvalue weighted by molar-refractivity contribution is -0.130. The van der Waals surface area contributed by atoms with Crippen molar-refractivity contribution in [2.24, 2.45) is 0 Å². The zero-order valence-electron chi connectivity index (χ0n) is 8.90. The van der Waals surface area contributed by atoms with Crippen molar-refractivity contribution in [3.63, 3.8) is 0 Å². The molecule has 80 valence electrons. The summed E-state index contributed by atoms with van der Waals surface area (Å²) in [6, 6.07) is 8.06. The van der Waals surface area contributed by atoms with Gasteiger partial charge in [-0.1, -0.05) is 29.8 Å². The topological polar surface area (TPSA) is 29.5 Å². The molecule has 0 bridgehead atoms. The fraction of sp³-hybridized carbons (Fsp3) is 0.417. The Morgan fingerprint density at radius 2 is 2.40 bits per heavy atom. The maximum absolute atomic E-state index is 11.8. The van der Waals surface area contributed by atoms with Gasteiger partial charge in [-0.25, -0.2) is 0 Å². The maximum Gasteiger partial charge on any atom is 0.228 e. The number of rotatable bonds is 2. The first kappa shape index (κ1) is 10.2. The van der Waals surface area contributed by atoms with Crippen molar-refractivity contribution in [1.29, 1.82) is 0 Å². The van der Waals surface area contributed by atoms with Crippen molar-refractivity contribution in [3.8, 4) is 0 Å². The molecule has 0 aliphatic carbocycles. The SMILES string of the molecule is Cc1cccc(CC(=O)N2CCOC2)c1. The molecule has 2 rings (SSSR count). The molecule has 1 fully saturated rings. The van der Waals surface area contributed by atoms with E-state index in [0.29, 0.717) is 19.8 Å². The molecule has 3 heteroatoms. The van der Waals surface area contributed by atoms with Gasteiger partial charge in [0.1, 0.15) is 6.73 Å². The van der Waals surface area contributed by atoms with Crippen LogP contribution in [0.3, 0.4) is 0 Å². The molecule has 0 saturated carbocycles. The summed E-state index contributed by atoms with van der Waals surface area (Å²) in [6.45, 7) is 3.88. The van der Waals surface area contributed by atoms with Gasteiger partial charge >= 0.3 is 0 Å². The van der Waals surface area contributed by atoms with E-state index in [1.54, 1.807) is 4.90 Å². The fourth-order valence-electron chi connectivity index (χ4n) is 1.72. The molecule has 0 radical (unpaired) electrons. The van der Waals surface area contributed by atoms with E-state index in [-0.39, 0.29) is 5.91 Å². The van der Waals surface area contributed by atoms with E-state index in [1.807, 2.05) is 25.1 Å². The molecule has 1 saturated heterocycles. The number of hydrogen-bond acceptors (Lipinski definition) is 2. The summed E-state index contributed by atoms with van der Waals surface area (Å²) in [7, 11) is 0. The Labute approximate surface area is 89.7 Å². The van der Waals surface area contributed by atoms with Crippen molar-refractivity contribution < 1.29 is 9.53 Å². The second-order valence-electron chi connectivity index (χ2n) is 3.86. The molecule has 1 aliphatic rings. The van der Waals surface area contributed by atoms with Crippen molar-refractivity contribution in [1.82, 2.24) is 4.90 Å². The van der Waals surface area contributed by atoms with Gasteiger partial charge < -0.3 is 9.64 Å². The molecule has 0 spiro atoms. The van der Waals surface area contributed by atoms with Gasteiger partial charge in [0.2, 0.25) is 5.91 Å². The summed E-state index contributed by atoms with van der Waals surface area (Å²) in [4.78, 5) is 13.5. The molecule has 0 N–H and O–H groups in total. The lowest BCUT2D eigenvalue weighted by atomic mass is 10.1. The monoisotopic (exact) mass is 205 g/mol. The summed E-state index contributed by atoms with van der Waals surface area (Å²) < 4.78 is 5.14. The molecular formula is C12H15NO2. The molecule has 1 heterocycles. The molecule has 3 nitrogen and oxygen atoms in total. The summed E-state index contributed by atoms with van der Waals surface area (Å²) in [5.41, 5.74) is 2.27. The number of carbonyl (C=O) groups excluding carboxylic acids is 1. The summed E-state index contributed by atoms with van der Waals surface area (Å²) in [6.07, 6.45) is 0.477. The molecule has 1 aromatic carbocycles. The van der Waals surface area contributed by atoms with Crippen LogP contribution < -0.4 is 0 Å². The van der Waals surface area contributed by atoms with Crippen LogP contribution in [0.25, 0.3) is 0 Å². The molecule has 1 aliphatic heterocycles. The first-order valence-electron chi connectivity index (χ1n) is 5.17. The number of carbonyl (C=O) groups is 1. The van der Waals surface area contributed by atoms with Crippen LogP contribution in [0, 0.1) is 6.92 Å². The molecule has 1 amide bonds. The molecule has 15 heavy (non-hydrogen) atoms. The van der Waals surface area contributed by atoms with Crippen LogP contribution in [0.1, 0.15) is 11.1 Å². The highest BCUT2D eigenvalue weighted by atomic mass is 16.5. The average molecular weight is 205 g/mol. The number of ether oxygens (including phenoxy) is 1. The highest BCUT2D eigenvalue weighted by molar-refractivity contribution is 5.78. The number of hydrogen-bond donors (Lipinski definition) is 0. The van der Waals surface area contributed by atoms with Gasteiger partial charge in [0, 0.05) is 6.54 Å². The summed E-state index contributed by atoms with van der Waals surface area (Å²) >= 11 is 0. The quantitative estimate of drug-likeness (QED) is 0.729. The molecule has 1 aromatic rings. The maximum atomic E-state index is 11.8. The lowest BCUT2D eigenvalue weighted by Crippen LogP contribution is -2.29. The molecular weight excluding hydrogens is 190 g/mol. The summed E-state index contributed by atoms with van der Waals surface area (Å²) in [5.74, 6) is 0.151. The average Bonchev–Trinajstić information content (AvgIpc) is 2.70. The van der Waals surface area contributed by atoms with Gasteiger partial charge in [-0.2, -0.15) is 0 Å².